The molecule has 0 radical (unpaired) electrons. The molecule has 5 nitrogen and oxygen atoms in total. The van der Waals surface area contributed by atoms with Crippen molar-refractivity contribution in [3.8, 4) is 0 Å². The van der Waals surface area contributed by atoms with Gasteiger partial charge in [0.25, 0.3) is 11.8 Å². The zero-order valence-corrected chi connectivity index (χ0v) is 13.5. The maximum absolute atomic E-state index is 12.4. The fourth-order valence-electron chi connectivity index (χ4n) is 2.57. The Morgan fingerprint density at radius 3 is 2.32 bits per heavy atom. The Balaban J connectivity index is 2.18. The Morgan fingerprint density at radius 2 is 1.77 bits per heavy atom. The number of fused-ring (bicyclic) bond motifs is 1. The van der Waals surface area contributed by atoms with Crippen LogP contribution in [-0.4, -0.2) is 47.2 Å². The monoisotopic (exact) mass is 322 g/mol. The van der Waals surface area contributed by atoms with Crippen molar-refractivity contribution in [1.82, 2.24) is 9.80 Å². The zero-order chi connectivity index (χ0) is 16.3. The molecule has 0 saturated carbocycles. The summed E-state index contributed by atoms with van der Waals surface area (Å²) >= 11 is 6.00. The van der Waals surface area contributed by atoms with Crippen molar-refractivity contribution in [2.24, 2.45) is 0 Å². The Labute approximate surface area is 134 Å². The lowest BCUT2D eigenvalue weighted by Crippen LogP contribution is -2.43. The first kappa shape index (κ1) is 16.5. The van der Waals surface area contributed by atoms with Crippen LogP contribution < -0.4 is 0 Å². The van der Waals surface area contributed by atoms with Crippen LogP contribution in [0.25, 0.3) is 0 Å². The first-order valence-electron chi connectivity index (χ1n) is 7.43. The minimum atomic E-state index is -0.494. The normalized spacial score (nSPS) is 13.5. The van der Waals surface area contributed by atoms with Crippen molar-refractivity contribution in [1.29, 1.82) is 0 Å². The molecule has 0 unspecified atom stereocenters. The molecule has 1 heterocycles. The van der Waals surface area contributed by atoms with Crippen molar-refractivity contribution in [2.45, 2.75) is 26.7 Å². The maximum atomic E-state index is 12.4. The van der Waals surface area contributed by atoms with E-state index in [0.29, 0.717) is 13.1 Å². The molecule has 1 aliphatic heterocycles. The molecule has 0 spiro atoms. The smallest absolute Gasteiger partial charge is 0.263 e. The highest BCUT2D eigenvalue weighted by Gasteiger charge is 2.38. The molecule has 0 saturated heterocycles. The standard InChI is InChI=1S/C16H19ClN2O3/c1-3-8-18(9-4-2)13(20)10-19-15(21)11-6-5-7-12(17)14(11)16(19)22/h5-7H,3-4,8-10H2,1-2H3. The molecule has 0 aliphatic carbocycles. The van der Waals surface area contributed by atoms with Gasteiger partial charge in [0.15, 0.2) is 0 Å². The number of carbonyl (C=O) groups excluding carboxylic acids is 3. The molecule has 0 aromatic heterocycles. The van der Waals surface area contributed by atoms with Gasteiger partial charge in [-0.2, -0.15) is 0 Å². The summed E-state index contributed by atoms with van der Waals surface area (Å²) in [6, 6.07) is 4.75. The van der Waals surface area contributed by atoms with E-state index in [-0.39, 0.29) is 28.6 Å². The summed E-state index contributed by atoms with van der Waals surface area (Å²) in [6.45, 7) is 4.98. The molecule has 1 aliphatic rings. The molecular weight excluding hydrogens is 304 g/mol. The Bertz CT molecular complexity index is 609. The van der Waals surface area contributed by atoms with Gasteiger partial charge in [-0.15, -0.1) is 0 Å². The topological polar surface area (TPSA) is 57.7 Å². The third-order valence-electron chi connectivity index (χ3n) is 3.58. The second-order valence-electron chi connectivity index (χ2n) is 5.24. The van der Waals surface area contributed by atoms with E-state index in [2.05, 4.69) is 0 Å². The molecule has 2 rings (SSSR count). The largest absolute Gasteiger partial charge is 0.341 e. The molecule has 0 bridgehead atoms. The van der Waals surface area contributed by atoms with Gasteiger partial charge in [0.1, 0.15) is 6.54 Å². The number of nitrogens with zero attached hydrogens (tertiary/aromatic N) is 2. The van der Waals surface area contributed by atoms with Crippen LogP contribution in [0.15, 0.2) is 18.2 Å². The number of carbonyl (C=O) groups is 3. The number of imide groups is 1. The summed E-state index contributed by atoms with van der Waals surface area (Å²) in [5.41, 5.74) is 0.460. The van der Waals surface area contributed by atoms with E-state index >= 15 is 0 Å². The molecule has 118 valence electrons. The lowest BCUT2D eigenvalue weighted by atomic mass is 10.1. The quantitative estimate of drug-likeness (QED) is 0.756. The first-order valence-corrected chi connectivity index (χ1v) is 7.81. The van der Waals surface area contributed by atoms with Gasteiger partial charge in [-0.05, 0) is 25.0 Å². The van der Waals surface area contributed by atoms with Gasteiger partial charge in [-0.1, -0.05) is 31.5 Å². The Hall–Kier alpha value is -1.88. The fraction of sp³-hybridized carbons (Fsp3) is 0.438. The molecule has 22 heavy (non-hydrogen) atoms. The van der Waals surface area contributed by atoms with E-state index in [1.165, 1.54) is 0 Å². The van der Waals surface area contributed by atoms with Crippen LogP contribution in [0.1, 0.15) is 47.4 Å². The highest BCUT2D eigenvalue weighted by Crippen LogP contribution is 2.28. The second-order valence-corrected chi connectivity index (χ2v) is 5.65. The van der Waals surface area contributed by atoms with E-state index in [4.69, 9.17) is 11.6 Å². The third-order valence-corrected chi connectivity index (χ3v) is 3.90. The highest BCUT2D eigenvalue weighted by molar-refractivity contribution is 6.37. The average molecular weight is 323 g/mol. The molecule has 6 heteroatoms. The predicted octanol–water partition coefficient (Wildman–Crippen LogP) is 2.58. The molecule has 1 aromatic rings. The lowest BCUT2D eigenvalue weighted by Gasteiger charge is -2.23. The van der Waals surface area contributed by atoms with Crippen molar-refractivity contribution >= 4 is 29.3 Å². The van der Waals surface area contributed by atoms with Crippen molar-refractivity contribution in [3.05, 3.63) is 34.3 Å². The van der Waals surface area contributed by atoms with Crippen LogP contribution in [0.5, 0.6) is 0 Å². The summed E-state index contributed by atoms with van der Waals surface area (Å²) in [5, 5.41) is 0.241. The van der Waals surface area contributed by atoms with E-state index < -0.39 is 11.8 Å². The van der Waals surface area contributed by atoms with E-state index in [9.17, 15) is 14.4 Å². The number of halogens is 1. The number of amides is 3. The van der Waals surface area contributed by atoms with Crippen molar-refractivity contribution < 1.29 is 14.4 Å². The third kappa shape index (κ3) is 2.99. The fourth-order valence-corrected chi connectivity index (χ4v) is 2.83. The van der Waals surface area contributed by atoms with Gasteiger partial charge in [0.05, 0.1) is 16.1 Å². The highest BCUT2D eigenvalue weighted by atomic mass is 35.5. The SMILES string of the molecule is CCCN(CCC)C(=O)CN1C(=O)c2cccc(Cl)c2C1=O. The Kier molecular flexibility index (Phi) is 5.19. The van der Waals surface area contributed by atoms with Crippen LogP contribution >= 0.6 is 11.6 Å². The average Bonchev–Trinajstić information content (AvgIpc) is 2.73. The summed E-state index contributed by atoms with van der Waals surface area (Å²) in [4.78, 5) is 39.7. The number of hydrogen-bond acceptors (Lipinski definition) is 3. The van der Waals surface area contributed by atoms with Gasteiger partial charge in [-0.25, -0.2) is 0 Å². The molecular formula is C16H19ClN2O3. The van der Waals surface area contributed by atoms with Gasteiger partial charge < -0.3 is 4.90 Å². The van der Waals surface area contributed by atoms with E-state index in [1.54, 1.807) is 23.1 Å². The molecule has 0 N–H and O–H groups in total. The molecule has 0 fully saturated rings. The van der Waals surface area contributed by atoms with Gasteiger partial charge in [0, 0.05) is 13.1 Å². The van der Waals surface area contributed by atoms with Crippen molar-refractivity contribution in [3.63, 3.8) is 0 Å². The number of rotatable bonds is 6. The van der Waals surface area contributed by atoms with Gasteiger partial charge in [0.2, 0.25) is 5.91 Å². The zero-order valence-electron chi connectivity index (χ0n) is 12.8. The first-order chi connectivity index (χ1) is 10.5. The predicted molar refractivity (Wildman–Crippen MR) is 84.0 cm³/mol. The van der Waals surface area contributed by atoms with Crippen LogP contribution in [0.4, 0.5) is 0 Å². The van der Waals surface area contributed by atoms with Crippen molar-refractivity contribution in [2.75, 3.05) is 19.6 Å². The number of hydrogen-bond donors (Lipinski definition) is 0. The molecule has 3 amide bonds. The molecule has 0 atom stereocenters. The van der Waals surface area contributed by atoms with Gasteiger partial charge in [-0.3, -0.25) is 19.3 Å². The number of benzene rings is 1. The maximum Gasteiger partial charge on any atom is 0.263 e. The Morgan fingerprint density at radius 1 is 1.14 bits per heavy atom. The summed E-state index contributed by atoms with van der Waals surface area (Å²) in [6.07, 6.45) is 1.67. The minimum Gasteiger partial charge on any atom is -0.341 e. The summed E-state index contributed by atoms with van der Waals surface area (Å²) < 4.78 is 0. The van der Waals surface area contributed by atoms with Crippen LogP contribution in [0.3, 0.4) is 0 Å². The van der Waals surface area contributed by atoms with E-state index in [0.717, 1.165) is 17.7 Å². The lowest BCUT2D eigenvalue weighted by molar-refractivity contribution is -0.131. The molecule has 1 aromatic carbocycles. The van der Waals surface area contributed by atoms with Crippen LogP contribution in [0, 0.1) is 0 Å². The summed E-state index contributed by atoms with van der Waals surface area (Å²) in [7, 11) is 0. The summed E-state index contributed by atoms with van der Waals surface area (Å²) in [5.74, 6) is -1.16. The van der Waals surface area contributed by atoms with Crippen LogP contribution in [0.2, 0.25) is 5.02 Å². The van der Waals surface area contributed by atoms with Crippen LogP contribution in [-0.2, 0) is 4.79 Å². The minimum absolute atomic E-state index is 0.194. The van der Waals surface area contributed by atoms with E-state index in [1.807, 2.05) is 13.8 Å². The van der Waals surface area contributed by atoms with Gasteiger partial charge >= 0.3 is 0 Å². The second kappa shape index (κ2) is 6.92.